The van der Waals surface area contributed by atoms with Gasteiger partial charge in [0.1, 0.15) is 17.5 Å². The summed E-state index contributed by atoms with van der Waals surface area (Å²) >= 11 is 5.77. The highest BCUT2D eigenvalue weighted by molar-refractivity contribution is 6.30. The number of aryl methyl sites for hydroxylation is 1. The average molecular weight is 295 g/mol. The molecule has 0 amide bonds. The van der Waals surface area contributed by atoms with Gasteiger partial charge in [0.2, 0.25) is 0 Å². The fraction of sp³-hybridized carbons (Fsp3) is 0.286. The molecule has 0 atom stereocenters. The third-order valence-electron chi connectivity index (χ3n) is 3.14. The molecule has 1 aromatic carbocycles. The fourth-order valence-corrected chi connectivity index (χ4v) is 2.23. The zero-order chi connectivity index (χ0) is 14.7. The van der Waals surface area contributed by atoms with Crippen molar-refractivity contribution in [3.8, 4) is 0 Å². The van der Waals surface area contributed by atoms with Gasteiger partial charge < -0.3 is 5.43 Å². The minimum Gasteiger partial charge on any atom is -0.308 e. The molecule has 0 radical (unpaired) electrons. The lowest BCUT2D eigenvalue weighted by atomic mass is 10.1. The Morgan fingerprint density at radius 2 is 2.10 bits per heavy atom. The number of anilines is 1. The van der Waals surface area contributed by atoms with Crippen molar-refractivity contribution >= 4 is 17.4 Å². The van der Waals surface area contributed by atoms with Gasteiger partial charge in [-0.3, -0.25) is 0 Å². The van der Waals surface area contributed by atoms with Gasteiger partial charge in [0.05, 0.1) is 5.02 Å². The Kier molecular flexibility index (Phi) is 4.52. The second kappa shape index (κ2) is 6.15. The molecule has 0 aliphatic rings. The highest BCUT2D eigenvalue weighted by Crippen LogP contribution is 2.21. The molecule has 4 nitrogen and oxygen atoms in total. The predicted molar refractivity (Wildman–Crippen MR) is 78.2 cm³/mol. The van der Waals surface area contributed by atoms with Crippen molar-refractivity contribution in [1.82, 2.24) is 9.97 Å². The molecule has 0 aliphatic carbocycles. The first-order valence-electron chi connectivity index (χ1n) is 6.32. The third kappa shape index (κ3) is 2.89. The molecular weight excluding hydrogens is 279 g/mol. The van der Waals surface area contributed by atoms with Crippen LogP contribution in [0, 0.1) is 12.7 Å². The van der Waals surface area contributed by atoms with Crippen molar-refractivity contribution in [2.24, 2.45) is 5.84 Å². The highest BCUT2D eigenvalue weighted by atomic mass is 35.5. The first kappa shape index (κ1) is 14.7. The van der Waals surface area contributed by atoms with Crippen LogP contribution in [0.25, 0.3) is 0 Å². The summed E-state index contributed by atoms with van der Waals surface area (Å²) in [6, 6.07) is 4.89. The van der Waals surface area contributed by atoms with Gasteiger partial charge in [-0.1, -0.05) is 30.7 Å². The van der Waals surface area contributed by atoms with Crippen molar-refractivity contribution in [2.45, 2.75) is 26.7 Å². The van der Waals surface area contributed by atoms with Gasteiger partial charge in [-0.2, -0.15) is 0 Å². The molecule has 2 aromatic rings. The standard InChI is InChI=1S/C14H16ClFN4/c1-3-11-8(2)14(20-17)19-12(18-11)7-9-5-4-6-10(15)13(9)16/h4-6H,3,7,17H2,1-2H3,(H,18,19,20). The van der Waals surface area contributed by atoms with Crippen molar-refractivity contribution in [1.29, 1.82) is 0 Å². The number of nitrogens with two attached hydrogens (primary N) is 1. The molecule has 0 saturated heterocycles. The summed E-state index contributed by atoms with van der Waals surface area (Å²) in [5.41, 5.74) is 4.82. The van der Waals surface area contributed by atoms with E-state index in [1.807, 2.05) is 13.8 Å². The normalized spacial score (nSPS) is 10.7. The van der Waals surface area contributed by atoms with Crippen LogP contribution >= 0.6 is 11.6 Å². The second-order valence-electron chi connectivity index (χ2n) is 4.45. The molecule has 3 N–H and O–H groups in total. The molecule has 0 unspecified atom stereocenters. The summed E-state index contributed by atoms with van der Waals surface area (Å²) in [5.74, 6) is 6.10. The Morgan fingerprint density at radius 3 is 2.75 bits per heavy atom. The largest absolute Gasteiger partial charge is 0.308 e. The Bertz CT molecular complexity index is 606. The summed E-state index contributed by atoms with van der Waals surface area (Å²) < 4.78 is 13.9. The smallest absolute Gasteiger partial charge is 0.146 e. The molecule has 0 fully saturated rings. The maximum absolute atomic E-state index is 13.9. The van der Waals surface area contributed by atoms with Crippen LogP contribution in [-0.2, 0) is 12.8 Å². The number of hydrogen-bond acceptors (Lipinski definition) is 4. The van der Waals surface area contributed by atoms with E-state index in [0.717, 1.165) is 17.7 Å². The number of nitrogens with one attached hydrogen (secondary N) is 1. The minimum absolute atomic E-state index is 0.0995. The Balaban J connectivity index is 2.41. The number of aromatic nitrogens is 2. The van der Waals surface area contributed by atoms with E-state index in [-0.39, 0.29) is 11.4 Å². The van der Waals surface area contributed by atoms with E-state index in [0.29, 0.717) is 17.2 Å². The maximum atomic E-state index is 13.9. The first-order valence-corrected chi connectivity index (χ1v) is 6.70. The van der Waals surface area contributed by atoms with E-state index in [4.69, 9.17) is 17.4 Å². The van der Waals surface area contributed by atoms with E-state index in [1.165, 1.54) is 6.07 Å². The molecule has 0 spiro atoms. The molecule has 0 saturated carbocycles. The van der Waals surface area contributed by atoms with Crippen LogP contribution in [0.15, 0.2) is 18.2 Å². The lowest BCUT2D eigenvalue weighted by Crippen LogP contribution is -2.14. The van der Waals surface area contributed by atoms with Crippen LogP contribution in [0.4, 0.5) is 10.2 Å². The number of nitrogen functional groups attached to an aromatic ring is 1. The van der Waals surface area contributed by atoms with E-state index in [9.17, 15) is 4.39 Å². The van der Waals surface area contributed by atoms with Crippen LogP contribution in [0.5, 0.6) is 0 Å². The molecule has 106 valence electrons. The van der Waals surface area contributed by atoms with Gasteiger partial charge in [-0.15, -0.1) is 0 Å². The van der Waals surface area contributed by atoms with Gasteiger partial charge in [0.25, 0.3) is 0 Å². The summed E-state index contributed by atoms with van der Waals surface area (Å²) in [5, 5.41) is 0.0995. The summed E-state index contributed by atoms with van der Waals surface area (Å²) in [7, 11) is 0. The van der Waals surface area contributed by atoms with Crippen LogP contribution in [0.1, 0.15) is 29.6 Å². The van der Waals surface area contributed by atoms with Crippen molar-refractivity contribution < 1.29 is 4.39 Å². The van der Waals surface area contributed by atoms with Crippen LogP contribution in [0.3, 0.4) is 0 Å². The Morgan fingerprint density at radius 1 is 1.35 bits per heavy atom. The predicted octanol–water partition coefficient (Wildman–Crippen LogP) is 3.02. The lowest BCUT2D eigenvalue weighted by Gasteiger charge is -2.11. The molecule has 2 rings (SSSR count). The zero-order valence-corrected chi connectivity index (χ0v) is 12.1. The first-order chi connectivity index (χ1) is 9.56. The average Bonchev–Trinajstić information content (AvgIpc) is 2.45. The number of nitrogens with zero attached hydrogens (tertiary/aromatic N) is 2. The monoisotopic (exact) mass is 294 g/mol. The Labute approximate surface area is 122 Å². The summed E-state index contributed by atoms with van der Waals surface area (Å²) in [4.78, 5) is 8.76. The van der Waals surface area contributed by atoms with Crippen LogP contribution in [0.2, 0.25) is 5.02 Å². The van der Waals surface area contributed by atoms with Crippen molar-refractivity contribution in [3.05, 3.63) is 51.7 Å². The fourth-order valence-electron chi connectivity index (χ4n) is 2.03. The number of hydrazine groups is 1. The molecule has 1 aromatic heterocycles. The lowest BCUT2D eigenvalue weighted by molar-refractivity contribution is 0.612. The summed E-state index contributed by atoms with van der Waals surface area (Å²) in [6.45, 7) is 3.90. The van der Waals surface area contributed by atoms with Crippen molar-refractivity contribution in [3.63, 3.8) is 0 Å². The Hall–Kier alpha value is -1.72. The van der Waals surface area contributed by atoms with Gasteiger partial charge in [0.15, 0.2) is 0 Å². The molecule has 0 bridgehead atoms. The highest BCUT2D eigenvalue weighted by Gasteiger charge is 2.12. The topological polar surface area (TPSA) is 63.8 Å². The molecule has 0 aliphatic heterocycles. The summed E-state index contributed by atoms with van der Waals surface area (Å²) in [6.07, 6.45) is 1.03. The molecule has 20 heavy (non-hydrogen) atoms. The van der Waals surface area contributed by atoms with Gasteiger partial charge in [0, 0.05) is 17.7 Å². The van der Waals surface area contributed by atoms with E-state index in [2.05, 4.69) is 15.4 Å². The number of hydrogen-bond donors (Lipinski definition) is 2. The van der Waals surface area contributed by atoms with E-state index < -0.39 is 5.82 Å². The van der Waals surface area contributed by atoms with E-state index >= 15 is 0 Å². The molecular formula is C14H16ClFN4. The van der Waals surface area contributed by atoms with Crippen LogP contribution in [-0.4, -0.2) is 9.97 Å². The minimum atomic E-state index is -0.432. The molecule has 6 heteroatoms. The van der Waals surface area contributed by atoms with Crippen LogP contribution < -0.4 is 11.3 Å². The maximum Gasteiger partial charge on any atom is 0.146 e. The SMILES string of the molecule is CCc1nc(Cc2cccc(Cl)c2F)nc(NN)c1C. The quantitative estimate of drug-likeness (QED) is 0.672. The number of halogens is 2. The van der Waals surface area contributed by atoms with Gasteiger partial charge >= 0.3 is 0 Å². The number of benzene rings is 1. The number of rotatable bonds is 4. The van der Waals surface area contributed by atoms with E-state index in [1.54, 1.807) is 12.1 Å². The zero-order valence-electron chi connectivity index (χ0n) is 11.4. The third-order valence-corrected chi connectivity index (χ3v) is 3.44. The van der Waals surface area contributed by atoms with Gasteiger partial charge in [-0.05, 0) is 25.0 Å². The van der Waals surface area contributed by atoms with Gasteiger partial charge in [-0.25, -0.2) is 20.2 Å². The van der Waals surface area contributed by atoms with Crippen molar-refractivity contribution in [2.75, 3.05) is 5.43 Å². The molecule has 1 heterocycles. The second-order valence-corrected chi connectivity index (χ2v) is 4.85.